The van der Waals surface area contributed by atoms with Crippen LogP contribution in [0.1, 0.15) is 11.1 Å². The summed E-state index contributed by atoms with van der Waals surface area (Å²) in [7, 11) is 0. The lowest BCUT2D eigenvalue weighted by Gasteiger charge is -2.10. The van der Waals surface area contributed by atoms with Gasteiger partial charge in [0.25, 0.3) is 5.91 Å². The molecule has 0 fully saturated rings. The van der Waals surface area contributed by atoms with Crippen molar-refractivity contribution in [2.75, 3.05) is 11.9 Å². The van der Waals surface area contributed by atoms with E-state index in [4.69, 9.17) is 21.3 Å². The highest BCUT2D eigenvalue weighted by Gasteiger charge is 2.09. The summed E-state index contributed by atoms with van der Waals surface area (Å²) in [6.45, 7) is 3.90. The molecule has 1 heterocycles. The highest BCUT2D eigenvalue weighted by atomic mass is 35.5. The van der Waals surface area contributed by atoms with E-state index in [0.29, 0.717) is 16.5 Å². The van der Waals surface area contributed by atoms with Gasteiger partial charge >= 0.3 is 0 Å². The fraction of sp³-hybridized carbons (Fsp3) is 0.130. The lowest BCUT2D eigenvalue weighted by Crippen LogP contribution is -2.20. The number of nitrogens with zero attached hydrogens (tertiary/aromatic N) is 1. The third-order valence-electron chi connectivity index (χ3n) is 4.46. The van der Waals surface area contributed by atoms with E-state index in [-0.39, 0.29) is 12.5 Å². The molecule has 0 radical (unpaired) electrons. The summed E-state index contributed by atoms with van der Waals surface area (Å²) in [5.74, 6) is 0.425. The maximum atomic E-state index is 12.2. The molecule has 0 saturated heterocycles. The van der Waals surface area contributed by atoms with Crippen LogP contribution in [0.5, 0.6) is 5.75 Å². The molecule has 1 N–H and O–H groups in total. The van der Waals surface area contributed by atoms with Gasteiger partial charge in [-0.05, 0) is 79.6 Å². The highest BCUT2D eigenvalue weighted by molar-refractivity contribution is 7.21. The number of anilines is 1. The number of carbonyl (C=O) groups is 1. The lowest BCUT2D eigenvalue weighted by molar-refractivity contribution is -0.118. The summed E-state index contributed by atoms with van der Waals surface area (Å²) in [5.41, 5.74) is 4.85. The van der Waals surface area contributed by atoms with Crippen molar-refractivity contribution in [3.63, 3.8) is 0 Å². The summed E-state index contributed by atoms with van der Waals surface area (Å²) in [6.07, 6.45) is 0. The van der Waals surface area contributed by atoms with Crippen molar-refractivity contribution >= 4 is 44.7 Å². The van der Waals surface area contributed by atoms with Gasteiger partial charge in [-0.25, -0.2) is 4.98 Å². The van der Waals surface area contributed by atoms with Crippen LogP contribution in [0.4, 0.5) is 5.69 Å². The third-order valence-corrected chi connectivity index (χ3v) is 5.76. The van der Waals surface area contributed by atoms with Crippen molar-refractivity contribution in [3.05, 3.63) is 76.8 Å². The molecule has 29 heavy (non-hydrogen) atoms. The molecule has 0 unspecified atom stereocenters. The smallest absolute Gasteiger partial charge is 0.262 e. The molecule has 0 aliphatic heterocycles. The van der Waals surface area contributed by atoms with Gasteiger partial charge in [-0.2, -0.15) is 0 Å². The number of fused-ring (bicyclic) bond motifs is 1. The highest BCUT2D eigenvalue weighted by Crippen LogP contribution is 2.31. The number of amides is 1. The summed E-state index contributed by atoms with van der Waals surface area (Å²) >= 11 is 7.60. The molecular weight excluding hydrogens is 404 g/mol. The van der Waals surface area contributed by atoms with E-state index < -0.39 is 0 Å². The molecule has 1 aromatic heterocycles. The zero-order chi connectivity index (χ0) is 20.4. The molecule has 0 spiro atoms. The predicted octanol–water partition coefficient (Wildman–Crippen LogP) is 6.25. The van der Waals surface area contributed by atoms with E-state index >= 15 is 0 Å². The average molecular weight is 423 g/mol. The molecule has 4 nitrogen and oxygen atoms in total. The molecule has 0 aliphatic carbocycles. The summed E-state index contributed by atoms with van der Waals surface area (Å²) in [5, 5.41) is 4.45. The standard InChI is InChI=1S/C23H19ClN2O2S/c1-14-3-9-19-21(11-14)29-23(26-19)16-4-7-18(8-5-16)25-22(27)13-28-20-10-6-17(24)12-15(20)2/h3-12H,13H2,1-2H3,(H,25,27). The average Bonchev–Trinajstić information content (AvgIpc) is 3.11. The minimum Gasteiger partial charge on any atom is -0.483 e. The normalized spacial score (nSPS) is 10.9. The van der Waals surface area contributed by atoms with Crippen LogP contribution in [0.15, 0.2) is 60.7 Å². The second kappa shape index (κ2) is 8.23. The van der Waals surface area contributed by atoms with Crippen molar-refractivity contribution in [1.29, 1.82) is 0 Å². The van der Waals surface area contributed by atoms with Crippen LogP contribution < -0.4 is 10.1 Å². The minimum absolute atomic E-state index is 0.0680. The van der Waals surface area contributed by atoms with Gasteiger partial charge in [-0.1, -0.05) is 17.7 Å². The van der Waals surface area contributed by atoms with Crippen LogP contribution in [-0.2, 0) is 4.79 Å². The van der Waals surface area contributed by atoms with Crippen molar-refractivity contribution in [1.82, 2.24) is 4.98 Å². The van der Waals surface area contributed by atoms with Gasteiger partial charge in [0.15, 0.2) is 6.61 Å². The largest absolute Gasteiger partial charge is 0.483 e. The predicted molar refractivity (Wildman–Crippen MR) is 120 cm³/mol. The topological polar surface area (TPSA) is 51.2 Å². The molecule has 0 saturated carbocycles. The van der Waals surface area contributed by atoms with E-state index in [2.05, 4.69) is 24.4 Å². The van der Waals surface area contributed by atoms with E-state index in [1.165, 1.54) is 10.3 Å². The summed E-state index contributed by atoms with van der Waals surface area (Å²) in [6, 6.07) is 19.2. The molecule has 1 amide bonds. The molecule has 3 aromatic carbocycles. The number of rotatable bonds is 5. The summed E-state index contributed by atoms with van der Waals surface area (Å²) < 4.78 is 6.76. The minimum atomic E-state index is -0.220. The second-order valence-electron chi connectivity index (χ2n) is 6.81. The van der Waals surface area contributed by atoms with E-state index in [0.717, 1.165) is 21.7 Å². The van der Waals surface area contributed by atoms with Crippen LogP contribution in [-0.4, -0.2) is 17.5 Å². The Morgan fingerprint density at radius 2 is 1.86 bits per heavy atom. The maximum Gasteiger partial charge on any atom is 0.262 e. The van der Waals surface area contributed by atoms with Gasteiger partial charge in [0.1, 0.15) is 10.8 Å². The molecule has 0 aliphatic rings. The maximum absolute atomic E-state index is 12.2. The number of benzene rings is 3. The number of aryl methyl sites for hydroxylation is 2. The van der Waals surface area contributed by atoms with Gasteiger partial charge in [-0.15, -0.1) is 11.3 Å². The monoisotopic (exact) mass is 422 g/mol. The Kier molecular flexibility index (Phi) is 5.51. The molecule has 4 rings (SSSR count). The number of carbonyl (C=O) groups excluding carboxylic acids is 1. The van der Waals surface area contributed by atoms with Crippen LogP contribution in [0.2, 0.25) is 5.02 Å². The quantitative estimate of drug-likeness (QED) is 0.413. The molecular formula is C23H19ClN2O2S. The Morgan fingerprint density at radius 3 is 2.62 bits per heavy atom. The van der Waals surface area contributed by atoms with Crippen LogP contribution >= 0.6 is 22.9 Å². The van der Waals surface area contributed by atoms with Crippen molar-refractivity contribution in [3.8, 4) is 16.3 Å². The first-order chi connectivity index (χ1) is 14.0. The summed E-state index contributed by atoms with van der Waals surface area (Å²) in [4.78, 5) is 16.9. The fourth-order valence-electron chi connectivity index (χ4n) is 2.97. The van der Waals surface area contributed by atoms with Crippen LogP contribution in [0.25, 0.3) is 20.8 Å². The van der Waals surface area contributed by atoms with E-state index in [1.807, 2.05) is 37.3 Å². The zero-order valence-electron chi connectivity index (χ0n) is 16.0. The lowest BCUT2D eigenvalue weighted by atomic mass is 10.2. The number of halogens is 1. The molecule has 0 bridgehead atoms. The van der Waals surface area contributed by atoms with Crippen molar-refractivity contribution < 1.29 is 9.53 Å². The third kappa shape index (κ3) is 4.58. The number of hydrogen-bond acceptors (Lipinski definition) is 4. The molecule has 4 aromatic rings. The van der Waals surface area contributed by atoms with Gasteiger partial charge in [-0.3, -0.25) is 4.79 Å². The second-order valence-corrected chi connectivity index (χ2v) is 8.28. The first kappa shape index (κ1) is 19.4. The first-order valence-electron chi connectivity index (χ1n) is 9.14. The molecule has 6 heteroatoms. The Morgan fingerprint density at radius 1 is 1.07 bits per heavy atom. The Balaban J connectivity index is 1.40. The Hall–Kier alpha value is -2.89. The van der Waals surface area contributed by atoms with Crippen LogP contribution in [0.3, 0.4) is 0 Å². The Labute approximate surface area is 178 Å². The fourth-order valence-corrected chi connectivity index (χ4v) is 4.26. The number of thiazole rings is 1. The number of ether oxygens (including phenoxy) is 1. The Bertz CT molecular complexity index is 1190. The molecule has 146 valence electrons. The first-order valence-corrected chi connectivity index (χ1v) is 10.3. The van der Waals surface area contributed by atoms with Crippen LogP contribution in [0, 0.1) is 13.8 Å². The van der Waals surface area contributed by atoms with E-state index in [1.54, 1.807) is 29.5 Å². The van der Waals surface area contributed by atoms with Gasteiger partial charge < -0.3 is 10.1 Å². The SMILES string of the molecule is Cc1ccc2nc(-c3ccc(NC(=O)COc4ccc(Cl)cc4C)cc3)sc2c1. The van der Waals surface area contributed by atoms with Gasteiger partial charge in [0.2, 0.25) is 0 Å². The number of aromatic nitrogens is 1. The number of nitrogens with one attached hydrogen (secondary N) is 1. The zero-order valence-corrected chi connectivity index (χ0v) is 17.6. The van der Waals surface area contributed by atoms with E-state index in [9.17, 15) is 4.79 Å². The number of hydrogen-bond donors (Lipinski definition) is 1. The van der Waals surface area contributed by atoms with Gasteiger partial charge in [0, 0.05) is 16.3 Å². The van der Waals surface area contributed by atoms with Crippen molar-refractivity contribution in [2.24, 2.45) is 0 Å². The van der Waals surface area contributed by atoms with Crippen molar-refractivity contribution in [2.45, 2.75) is 13.8 Å². The molecule has 0 atom stereocenters. The van der Waals surface area contributed by atoms with Gasteiger partial charge in [0.05, 0.1) is 10.2 Å².